The fourth-order valence-electron chi connectivity index (χ4n) is 2.78. The first-order chi connectivity index (χ1) is 9.16. The molecule has 1 aliphatic carbocycles. The summed E-state index contributed by atoms with van der Waals surface area (Å²) in [6.07, 6.45) is 4.74. The van der Waals surface area contributed by atoms with E-state index in [0.717, 1.165) is 44.2 Å². The van der Waals surface area contributed by atoms with Crippen molar-refractivity contribution in [1.82, 2.24) is 5.32 Å². The van der Waals surface area contributed by atoms with Gasteiger partial charge >= 0.3 is 0 Å². The van der Waals surface area contributed by atoms with E-state index in [1.54, 1.807) is 6.07 Å². The first kappa shape index (κ1) is 14.5. The van der Waals surface area contributed by atoms with E-state index in [-0.39, 0.29) is 11.9 Å². The van der Waals surface area contributed by atoms with Crippen LogP contribution >= 0.6 is 0 Å². The van der Waals surface area contributed by atoms with E-state index in [9.17, 15) is 9.50 Å². The number of halogens is 1. The Kier molecular flexibility index (Phi) is 5.34. The maximum atomic E-state index is 13.5. The van der Waals surface area contributed by atoms with Crippen LogP contribution in [-0.2, 0) is 6.42 Å². The van der Waals surface area contributed by atoms with Crippen LogP contribution in [0.25, 0.3) is 0 Å². The second kappa shape index (κ2) is 7.01. The van der Waals surface area contributed by atoms with E-state index in [4.69, 9.17) is 0 Å². The molecule has 0 radical (unpaired) electrons. The third kappa shape index (κ3) is 4.29. The van der Waals surface area contributed by atoms with Gasteiger partial charge in [-0.1, -0.05) is 24.6 Å². The van der Waals surface area contributed by atoms with E-state index in [1.165, 1.54) is 6.07 Å². The molecule has 0 amide bonds. The first-order valence-electron chi connectivity index (χ1n) is 7.31. The molecule has 0 bridgehead atoms. The zero-order valence-electron chi connectivity index (χ0n) is 11.6. The van der Waals surface area contributed by atoms with Crippen molar-refractivity contribution in [2.45, 2.75) is 51.2 Å². The van der Waals surface area contributed by atoms with Crippen molar-refractivity contribution in [2.24, 2.45) is 5.92 Å². The number of hydrogen-bond acceptors (Lipinski definition) is 2. The molecule has 3 heteroatoms. The summed E-state index contributed by atoms with van der Waals surface area (Å²) in [5, 5.41) is 13.2. The molecule has 1 fully saturated rings. The van der Waals surface area contributed by atoms with E-state index in [2.05, 4.69) is 12.2 Å². The lowest BCUT2D eigenvalue weighted by Crippen LogP contribution is -2.34. The number of nitrogens with one attached hydrogen (secondary N) is 1. The molecule has 106 valence electrons. The lowest BCUT2D eigenvalue weighted by atomic mass is 10.0. The smallest absolute Gasteiger partial charge is 0.126 e. The maximum Gasteiger partial charge on any atom is 0.126 e. The number of aliphatic hydroxyl groups is 1. The molecule has 2 nitrogen and oxygen atoms in total. The quantitative estimate of drug-likeness (QED) is 0.829. The van der Waals surface area contributed by atoms with Crippen LogP contribution < -0.4 is 5.32 Å². The molecular weight excluding hydrogens is 241 g/mol. The minimum absolute atomic E-state index is 0.110. The van der Waals surface area contributed by atoms with Gasteiger partial charge in [0.25, 0.3) is 0 Å². The van der Waals surface area contributed by atoms with Gasteiger partial charge in [0.05, 0.1) is 6.10 Å². The third-order valence-corrected chi connectivity index (χ3v) is 4.15. The largest absolute Gasteiger partial charge is 0.393 e. The Labute approximate surface area is 115 Å². The summed E-state index contributed by atoms with van der Waals surface area (Å²) in [5.41, 5.74) is 0.789. The number of benzene rings is 1. The molecule has 2 rings (SSSR count). The normalized spacial score (nSPS) is 24.6. The predicted octanol–water partition coefficient (Wildman–Crippen LogP) is 2.90. The van der Waals surface area contributed by atoms with Crippen LogP contribution in [0.4, 0.5) is 4.39 Å². The van der Waals surface area contributed by atoms with Gasteiger partial charge in [-0.25, -0.2) is 4.39 Å². The van der Waals surface area contributed by atoms with Crippen LogP contribution in [0.15, 0.2) is 24.3 Å². The Balaban J connectivity index is 1.70. The molecule has 0 aliphatic heterocycles. The Bertz CT molecular complexity index is 396. The predicted molar refractivity (Wildman–Crippen MR) is 75.5 cm³/mol. The fourth-order valence-corrected chi connectivity index (χ4v) is 2.78. The monoisotopic (exact) mass is 265 g/mol. The van der Waals surface area contributed by atoms with Crippen molar-refractivity contribution in [3.63, 3.8) is 0 Å². The molecule has 0 aromatic heterocycles. The number of aryl methyl sites for hydroxylation is 1. The summed E-state index contributed by atoms with van der Waals surface area (Å²) in [6, 6.07) is 7.32. The molecule has 1 saturated carbocycles. The molecule has 1 aromatic rings. The van der Waals surface area contributed by atoms with Crippen LogP contribution in [0.1, 0.15) is 38.2 Å². The molecule has 0 heterocycles. The van der Waals surface area contributed by atoms with Crippen molar-refractivity contribution in [1.29, 1.82) is 0 Å². The van der Waals surface area contributed by atoms with Crippen LogP contribution in [0.5, 0.6) is 0 Å². The molecule has 3 unspecified atom stereocenters. The molecule has 0 spiro atoms. The minimum atomic E-state index is -0.133. The summed E-state index contributed by atoms with van der Waals surface area (Å²) in [6.45, 7) is 3.00. The van der Waals surface area contributed by atoms with Gasteiger partial charge in [0, 0.05) is 12.6 Å². The van der Waals surface area contributed by atoms with Gasteiger partial charge < -0.3 is 10.4 Å². The van der Waals surface area contributed by atoms with E-state index in [0.29, 0.717) is 12.0 Å². The molecule has 3 atom stereocenters. The van der Waals surface area contributed by atoms with Gasteiger partial charge in [-0.2, -0.15) is 0 Å². The Morgan fingerprint density at radius 2 is 2.16 bits per heavy atom. The highest BCUT2D eigenvalue weighted by molar-refractivity contribution is 5.17. The molecule has 19 heavy (non-hydrogen) atoms. The summed E-state index contributed by atoms with van der Waals surface area (Å²) in [4.78, 5) is 0. The van der Waals surface area contributed by atoms with Gasteiger partial charge in [-0.15, -0.1) is 0 Å². The van der Waals surface area contributed by atoms with Gasteiger partial charge in [-0.3, -0.25) is 0 Å². The third-order valence-electron chi connectivity index (χ3n) is 4.15. The lowest BCUT2D eigenvalue weighted by molar-refractivity contribution is 0.130. The SMILES string of the molecule is CC(CCc1ccccc1F)NCC1CCCC1O. The van der Waals surface area contributed by atoms with Gasteiger partial charge in [-0.05, 0) is 50.2 Å². The highest BCUT2D eigenvalue weighted by atomic mass is 19.1. The van der Waals surface area contributed by atoms with Gasteiger partial charge in [0.15, 0.2) is 0 Å². The average molecular weight is 265 g/mol. The van der Waals surface area contributed by atoms with E-state index >= 15 is 0 Å². The molecular formula is C16H24FNO. The molecule has 2 N–H and O–H groups in total. The summed E-state index contributed by atoms with van der Waals surface area (Å²) >= 11 is 0. The van der Waals surface area contributed by atoms with Crippen molar-refractivity contribution in [2.75, 3.05) is 6.54 Å². The number of aliphatic hydroxyl groups excluding tert-OH is 1. The highest BCUT2D eigenvalue weighted by Gasteiger charge is 2.24. The highest BCUT2D eigenvalue weighted by Crippen LogP contribution is 2.24. The molecule has 1 aromatic carbocycles. The maximum absolute atomic E-state index is 13.5. The lowest BCUT2D eigenvalue weighted by Gasteiger charge is -2.19. The Hall–Kier alpha value is -0.930. The zero-order chi connectivity index (χ0) is 13.7. The van der Waals surface area contributed by atoms with Crippen molar-refractivity contribution in [3.8, 4) is 0 Å². The van der Waals surface area contributed by atoms with Crippen LogP contribution in [-0.4, -0.2) is 23.8 Å². The molecule has 1 aliphatic rings. The Morgan fingerprint density at radius 3 is 2.84 bits per heavy atom. The standard InChI is InChI=1S/C16H24FNO/c1-12(18-11-14-6-4-8-16(14)19)9-10-13-5-2-3-7-15(13)17/h2-3,5,7,12,14,16,18-19H,4,6,8-11H2,1H3. The van der Waals surface area contributed by atoms with Crippen molar-refractivity contribution in [3.05, 3.63) is 35.6 Å². The van der Waals surface area contributed by atoms with Crippen LogP contribution in [0.3, 0.4) is 0 Å². The molecule has 0 saturated heterocycles. The fraction of sp³-hybridized carbons (Fsp3) is 0.625. The average Bonchev–Trinajstić information content (AvgIpc) is 2.81. The van der Waals surface area contributed by atoms with E-state index < -0.39 is 0 Å². The number of rotatable bonds is 6. The second-order valence-electron chi connectivity index (χ2n) is 5.70. The zero-order valence-corrected chi connectivity index (χ0v) is 11.6. The number of hydrogen-bond donors (Lipinski definition) is 2. The first-order valence-corrected chi connectivity index (χ1v) is 7.31. The summed E-state index contributed by atoms with van der Waals surface area (Å²) in [5.74, 6) is 0.289. The van der Waals surface area contributed by atoms with Crippen LogP contribution in [0.2, 0.25) is 0 Å². The summed E-state index contributed by atoms with van der Waals surface area (Å²) < 4.78 is 13.5. The van der Waals surface area contributed by atoms with E-state index in [1.807, 2.05) is 12.1 Å². The van der Waals surface area contributed by atoms with Crippen molar-refractivity contribution < 1.29 is 9.50 Å². The van der Waals surface area contributed by atoms with Crippen LogP contribution in [0, 0.1) is 11.7 Å². The van der Waals surface area contributed by atoms with Gasteiger partial charge in [0.2, 0.25) is 0 Å². The topological polar surface area (TPSA) is 32.3 Å². The second-order valence-corrected chi connectivity index (χ2v) is 5.70. The summed E-state index contributed by atoms with van der Waals surface area (Å²) in [7, 11) is 0. The Morgan fingerprint density at radius 1 is 1.37 bits per heavy atom. The minimum Gasteiger partial charge on any atom is -0.393 e. The van der Waals surface area contributed by atoms with Gasteiger partial charge in [0.1, 0.15) is 5.82 Å². The van der Waals surface area contributed by atoms with Crippen molar-refractivity contribution >= 4 is 0 Å².